The van der Waals surface area contributed by atoms with Crippen LogP contribution in [0.1, 0.15) is 42.5 Å². The largest absolute Gasteiger partial charge is 0.489 e. The molecule has 0 radical (unpaired) electrons. The Hall–Kier alpha value is -2.36. The van der Waals surface area contributed by atoms with E-state index in [0.717, 1.165) is 24.9 Å². The van der Waals surface area contributed by atoms with Crippen LogP contribution in [0, 0.1) is 5.82 Å². The lowest BCUT2D eigenvalue weighted by atomic mass is 10.0. The van der Waals surface area contributed by atoms with Crippen LogP contribution >= 0.6 is 11.6 Å². The van der Waals surface area contributed by atoms with Crippen molar-refractivity contribution in [3.8, 4) is 5.75 Å². The van der Waals surface area contributed by atoms with Gasteiger partial charge in [-0.15, -0.1) is 0 Å². The van der Waals surface area contributed by atoms with Gasteiger partial charge in [-0.25, -0.2) is 4.39 Å². The maximum absolute atomic E-state index is 13.9. The first-order valence-corrected chi connectivity index (χ1v) is 9.98. The van der Waals surface area contributed by atoms with Gasteiger partial charge in [0.15, 0.2) is 0 Å². The van der Waals surface area contributed by atoms with Gasteiger partial charge in [0.1, 0.15) is 18.2 Å². The molecule has 0 aromatic heterocycles. The maximum Gasteiger partial charge on any atom is 0.131 e. The van der Waals surface area contributed by atoms with Gasteiger partial charge in [0, 0.05) is 18.2 Å². The predicted molar refractivity (Wildman–Crippen MR) is 113 cm³/mol. The summed E-state index contributed by atoms with van der Waals surface area (Å²) in [6.07, 6.45) is 2.19. The highest BCUT2D eigenvalue weighted by molar-refractivity contribution is 6.31. The molecule has 0 aliphatic carbocycles. The van der Waals surface area contributed by atoms with Gasteiger partial charge < -0.3 is 10.1 Å². The minimum Gasteiger partial charge on any atom is -0.489 e. The van der Waals surface area contributed by atoms with Gasteiger partial charge in [-0.2, -0.15) is 0 Å². The summed E-state index contributed by atoms with van der Waals surface area (Å²) in [6, 6.07) is 23.3. The van der Waals surface area contributed by atoms with Crippen LogP contribution in [0.2, 0.25) is 5.02 Å². The second-order valence-corrected chi connectivity index (χ2v) is 7.18. The third-order valence-electron chi connectivity index (χ3n) is 4.68. The van der Waals surface area contributed by atoms with Crippen molar-refractivity contribution in [2.75, 3.05) is 0 Å². The van der Waals surface area contributed by atoms with E-state index in [1.54, 1.807) is 12.1 Å². The summed E-state index contributed by atoms with van der Waals surface area (Å²) < 4.78 is 19.7. The summed E-state index contributed by atoms with van der Waals surface area (Å²) in [5.74, 6) is 0.348. The highest BCUT2D eigenvalue weighted by atomic mass is 35.5. The van der Waals surface area contributed by atoms with Crippen molar-refractivity contribution in [3.05, 3.63) is 100 Å². The Balaban J connectivity index is 1.63. The molecule has 0 bridgehead atoms. The van der Waals surface area contributed by atoms with E-state index in [9.17, 15) is 4.39 Å². The molecule has 4 heteroatoms. The van der Waals surface area contributed by atoms with Crippen LogP contribution in [0.25, 0.3) is 0 Å². The SMILES string of the molecule is CCCC(NCc1cccc(OCc2c(F)cccc2Cl)c1)c1ccccc1. The van der Waals surface area contributed by atoms with Crippen LogP contribution in [-0.4, -0.2) is 0 Å². The summed E-state index contributed by atoms with van der Waals surface area (Å²) in [6.45, 7) is 3.03. The molecule has 3 aromatic rings. The quantitative estimate of drug-likeness (QED) is 0.434. The first-order valence-electron chi connectivity index (χ1n) is 9.60. The lowest BCUT2D eigenvalue weighted by molar-refractivity contribution is 0.299. The summed E-state index contributed by atoms with van der Waals surface area (Å²) in [4.78, 5) is 0. The molecule has 0 saturated heterocycles. The summed E-state index contributed by atoms with van der Waals surface area (Å²) in [5, 5.41) is 4.01. The van der Waals surface area contributed by atoms with Crippen LogP contribution in [0.15, 0.2) is 72.8 Å². The Morgan fingerprint density at radius 1 is 1.00 bits per heavy atom. The van der Waals surface area contributed by atoms with Crippen molar-refractivity contribution in [2.24, 2.45) is 0 Å². The molecule has 1 unspecified atom stereocenters. The molecular formula is C24H25ClFNO. The van der Waals surface area contributed by atoms with Crippen LogP contribution in [0.3, 0.4) is 0 Å². The van der Waals surface area contributed by atoms with Gasteiger partial charge in [0.05, 0.1) is 5.02 Å². The fourth-order valence-electron chi connectivity index (χ4n) is 3.17. The molecule has 3 rings (SSSR count). The average molecular weight is 398 g/mol. The van der Waals surface area contributed by atoms with Crippen molar-refractivity contribution in [1.29, 1.82) is 0 Å². The number of rotatable bonds is 9. The average Bonchev–Trinajstić information content (AvgIpc) is 2.72. The van der Waals surface area contributed by atoms with E-state index < -0.39 is 0 Å². The molecule has 2 nitrogen and oxygen atoms in total. The van der Waals surface area contributed by atoms with Gasteiger partial charge in [-0.3, -0.25) is 0 Å². The first-order chi connectivity index (χ1) is 13.7. The zero-order valence-electron chi connectivity index (χ0n) is 16.0. The van der Waals surface area contributed by atoms with E-state index in [1.807, 2.05) is 24.3 Å². The number of hydrogen-bond acceptors (Lipinski definition) is 2. The molecule has 0 fully saturated rings. The maximum atomic E-state index is 13.9. The van der Waals surface area contributed by atoms with Gasteiger partial charge >= 0.3 is 0 Å². The zero-order chi connectivity index (χ0) is 19.8. The Morgan fingerprint density at radius 3 is 2.54 bits per heavy atom. The molecule has 28 heavy (non-hydrogen) atoms. The Kier molecular flexibility index (Phi) is 7.46. The molecule has 146 valence electrons. The Morgan fingerprint density at radius 2 is 1.79 bits per heavy atom. The highest BCUT2D eigenvalue weighted by Gasteiger charge is 2.10. The number of benzene rings is 3. The normalized spacial score (nSPS) is 12.0. The van der Waals surface area contributed by atoms with Gasteiger partial charge in [-0.1, -0.05) is 73.5 Å². The third-order valence-corrected chi connectivity index (χ3v) is 5.03. The number of halogens is 2. The van der Waals surface area contributed by atoms with E-state index in [2.05, 4.69) is 42.6 Å². The minimum atomic E-state index is -0.351. The summed E-state index contributed by atoms with van der Waals surface area (Å²) in [5.41, 5.74) is 2.79. The van der Waals surface area contributed by atoms with Crippen molar-refractivity contribution >= 4 is 11.6 Å². The van der Waals surface area contributed by atoms with E-state index in [1.165, 1.54) is 11.6 Å². The Labute approximate surface area is 171 Å². The van der Waals surface area contributed by atoms with E-state index in [4.69, 9.17) is 16.3 Å². The second-order valence-electron chi connectivity index (χ2n) is 6.77. The van der Waals surface area contributed by atoms with Crippen LogP contribution in [0.4, 0.5) is 4.39 Å². The van der Waals surface area contributed by atoms with Crippen LogP contribution in [-0.2, 0) is 13.2 Å². The van der Waals surface area contributed by atoms with Crippen molar-refractivity contribution in [2.45, 2.75) is 39.0 Å². The van der Waals surface area contributed by atoms with Gasteiger partial charge in [0.2, 0.25) is 0 Å². The molecule has 0 spiro atoms. The van der Waals surface area contributed by atoms with E-state index in [-0.39, 0.29) is 12.4 Å². The molecule has 0 saturated carbocycles. The molecule has 0 aliphatic rings. The highest BCUT2D eigenvalue weighted by Crippen LogP contribution is 2.23. The topological polar surface area (TPSA) is 21.3 Å². The molecule has 0 heterocycles. The van der Waals surface area contributed by atoms with Gasteiger partial charge in [0.25, 0.3) is 0 Å². The van der Waals surface area contributed by atoms with E-state index in [0.29, 0.717) is 22.4 Å². The number of hydrogen-bond donors (Lipinski definition) is 1. The summed E-state index contributed by atoms with van der Waals surface area (Å²) >= 11 is 6.07. The van der Waals surface area contributed by atoms with Crippen molar-refractivity contribution in [3.63, 3.8) is 0 Å². The second kappa shape index (κ2) is 10.3. The molecule has 1 atom stereocenters. The predicted octanol–water partition coefficient (Wildman–Crippen LogP) is 6.69. The minimum absolute atomic E-state index is 0.102. The van der Waals surface area contributed by atoms with E-state index >= 15 is 0 Å². The van der Waals surface area contributed by atoms with Crippen LogP contribution < -0.4 is 10.1 Å². The van der Waals surface area contributed by atoms with Crippen molar-refractivity contribution in [1.82, 2.24) is 5.32 Å². The van der Waals surface area contributed by atoms with Crippen LogP contribution in [0.5, 0.6) is 5.75 Å². The fraction of sp³-hybridized carbons (Fsp3) is 0.250. The molecule has 1 N–H and O–H groups in total. The number of ether oxygens (including phenoxy) is 1. The first kappa shape index (κ1) is 20.4. The smallest absolute Gasteiger partial charge is 0.131 e. The Bertz CT molecular complexity index is 865. The monoisotopic (exact) mass is 397 g/mol. The molecule has 3 aromatic carbocycles. The zero-order valence-corrected chi connectivity index (χ0v) is 16.8. The number of nitrogens with one attached hydrogen (secondary N) is 1. The summed E-state index contributed by atoms with van der Waals surface area (Å²) in [7, 11) is 0. The molecule has 0 amide bonds. The lowest BCUT2D eigenvalue weighted by Gasteiger charge is -2.19. The molecule has 0 aliphatic heterocycles. The third kappa shape index (κ3) is 5.57. The molecular weight excluding hydrogens is 373 g/mol. The van der Waals surface area contributed by atoms with Crippen molar-refractivity contribution < 1.29 is 9.13 Å². The lowest BCUT2D eigenvalue weighted by Crippen LogP contribution is -2.20. The van der Waals surface area contributed by atoms with Gasteiger partial charge in [-0.05, 0) is 41.8 Å². The fourth-order valence-corrected chi connectivity index (χ4v) is 3.39. The standard InChI is InChI=1S/C24H25ClFNO/c1-2-8-24(19-10-4-3-5-11-19)27-16-18-9-6-12-20(15-18)28-17-21-22(25)13-7-14-23(21)26/h3-7,9-15,24,27H,2,8,16-17H2,1H3.